The summed E-state index contributed by atoms with van der Waals surface area (Å²) < 4.78 is 0. The molecular weight excluding hydrogens is 350 g/mol. The van der Waals surface area contributed by atoms with E-state index in [4.69, 9.17) is 11.6 Å². The van der Waals surface area contributed by atoms with E-state index in [9.17, 15) is 9.59 Å². The van der Waals surface area contributed by atoms with Gasteiger partial charge in [-0.1, -0.05) is 29.8 Å². The molecule has 0 radical (unpaired) electrons. The van der Waals surface area contributed by atoms with Crippen LogP contribution in [0.5, 0.6) is 0 Å². The molecule has 0 fully saturated rings. The Morgan fingerprint density at radius 1 is 1.00 bits per heavy atom. The van der Waals surface area contributed by atoms with Crippen molar-refractivity contribution in [1.82, 2.24) is 4.90 Å². The van der Waals surface area contributed by atoms with E-state index in [0.717, 1.165) is 18.5 Å². The highest BCUT2D eigenvalue weighted by molar-refractivity contribution is 6.33. The maximum atomic E-state index is 12.2. The molecule has 0 heterocycles. The molecule has 6 heteroatoms. The molecule has 3 rings (SSSR count). The van der Waals surface area contributed by atoms with Gasteiger partial charge in [0.2, 0.25) is 11.8 Å². The summed E-state index contributed by atoms with van der Waals surface area (Å²) in [5.74, 6) is -0.359. The van der Waals surface area contributed by atoms with Gasteiger partial charge in [0.1, 0.15) is 0 Å². The highest BCUT2D eigenvalue weighted by Gasteiger charge is 2.14. The van der Waals surface area contributed by atoms with Gasteiger partial charge < -0.3 is 10.6 Å². The molecule has 0 aromatic heterocycles. The van der Waals surface area contributed by atoms with Gasteiger partial charge in [0.05, 0.1) is 23.8 Å². The monoisotopic (exact) mass is 371 g/mol. The van der Waals surface area contributed by atoms with Gasteiger partial charge in [-0.3, -0.25) is 14.5 Å². The summed E-state index contributed by atoms with van der Waals surface area (Å²) in [6, 6.07) is 13.1. The number of rotatable bonds is 6. The van der Waals surface area contributed by atoms with Crippen molar-refractivity contribution in [3.8, 4) is 0 Å². The molecule has 2 amide bonds. The van der Waals surface area contributed by atoms with Crippen molar-refractivity contribution < 1.29 is 9.59 Å². The van der Waals surface area contributed by atoms with Crippen LogP contribution in [0.4, 0.5) is 11.4 Å². The lowest BCUT2D eigenvalue weighted by atomic mass is 10.1. The van der Waals surface area contributed by atoms with Gasteiger partial charge in [-0.25, -0.2) is 0 Å². The van der Waals surface area contributed by atoms with Crippen LogP contribution < -0.4 is 10.6 Å². The second-order valence-electron chi connectivity index (χ2n) is 6.59. The molecule has 0 atom stereocenters. The largest absolute Gasteiger partial charge is 0.325 e. The maximum Gasteiger partial charge on any atom is 0.238 e. The summed E-state index contributed by atoms with van der Waals surface area (Å²) in [5, 5.41) is 6.13. The van der Waals surface area contributed by atoms with Crippen LogP contribution in [0.3, 0.4) is 0 Å². The Morgan fingerprint density at radius 3 is 2.46 bits per heavy atom. The van der Waals surface area contributed by atoms with E-state index in [0.29, 0.717) is 10.7 Å². The Bertz CT molecular complexity index is 822. The summed E-state index contributed by atoms with van der Waals surface area (Å²) >= 11 is 6.03. The summed E-state index contributed by atoms with van der Waals surface area (Å²) in [4.78, 5) is 26.0. The van der Waals surface area contributed by atoms with Crippen molar-refractivity contribution in [3.63, 3.8) is 0 Å². The minimum atomic E-state index is -0.217. The molecule has 2 aromatic rings. The molecule has 1 aliphatic rings. The fourth-order valence-electron chi connectivity index (χ4n) is 3.15. The van der Waals surface area contributed by atoms with Crippen LogP contribution in [0.2, 0.25) is 5.02 Å². The van der Waals surface area contributed by atoms with Crippen LogP contribution in [0.15, 0.2) is 42.5 Å². The van der Waals surface area contributed by atoms with E-state index < -0.39 is 0 Å². The molecule has 1 aliphatic carbocycles. The summed E-state index contributed by atoms with van der Waals surface area (Å²) in [5.41, 5.74) is 4.06. The number of hydrogen-bond donors (Lipinski definition) is 2. The fraction of sp³-hybridized carbons (Fsp3) is 0.300. The smallest absolute Gasteiger partial charge is 0.238 e. The van der Waals surface area contributed by atoms with Crippen LogP contribution in [0.1, 0.15) is 17.5 Å². The van der Waals surface area contributed by atoms with Gasteiger partial charge >= 0.3 is 0 Å². The number of fused-ring (bicyclic) bond motifs is 1. The average molecular weight is 372 g/mol. The topological polar surface area (TPSA) is 61.4 Å². The van der Waals surface area contributed by atoms with Crippen molar-refractivity contribution in [2.24, 2.45) is 0 Å². The number of likely N-dealkylation sites (N-methyl/N-ethyl adjacent to an activating group) is 1. The Hall–Kier alpha value is -2.37. The van der Waals surface area contributed by atoms with Gasteiger partial charge in [0, 0.05) is 5.69 Å². The Balaban J connectivity index is 1.48. The van der Waals surface area contributed by atoms with Gasteiger partial charge in [0.15, 0.2) is 0 Å². The molecule has 0 saturated heterocycles. The molecule has 2 aromatic carbocycles. The first-order valence-corrected chi connectivity index (χ1v) is 9.03. The van der Waals surface area contributed by atoms with E-state index in [1.165, 1.54) is 17.5 Å². The number of amides is 2. The summed E-state index contributed by atoms with van der Waals surface area (Å²) in [7, 11) is 1.73. The third-order valence-electron chi connectivity index (χ3n) is 4.36. The minimum absolute atomic E-state index is 0.100. The Kier molecular flexibility index (Phi) is 5.91. The number of para-hydroxylation sites is 1. The molecule has 26 heavy (non-hydrogen) atoms. The van der Waals surface area contributed by atoms with E-state index in [2.05, 4.69) is 16.7 Å². The molecular formula is C20H22ClN3O2. The third kappa shape index (κ3) is 4.84. The van der Waals surface area contributed by atoms with Gasteiger partial charge in [-0.05, 0) is 61.7 Å². The quantitative estimate of drug-likeness (QED) is 0.818. The zero-order valence-electron chi connectivity index (χ0n) is 14.7. The molecule has 0 spiro atoms. The minimum Gasteiger partial charge on any atom is -0.325 e. The second kappa shape index (κ2) is 8.34. The lowest BCUT2D eigenvalue weighted by molar-refractivity contribution is -0.119. The average Bonchev–Trinajstić information content (AvgIpc) is 3.04. The Labute approximate surface area is 158 Å². The molecule has 0 unspecified atom stereocenters. The van der Waals surface area contributed by atoms with Crippen molar-refractivity contribution in [3.05, 3.63) is 58.6 Å². The highest BCUT2D eigenvalue weighted by Crippen LogP contribution is 2.25. The van der Waals surface area contributed by atoms with Crippen LogP contribution >= 0.6 is 11.6 Å². The predicted molar refractivity (Wildman–Crippen MR) is 105 cm³/mol. The third-order valence-corrected chi connectivity index (χ3v) is 4.69. The van der Waals surface area contributed by atoms with Gasteiger partial charge in [-0.15, -0.1) is 0 Å². The molecule has 0 aliphatic heterocycles. The molecule has 136 valence electrons. The number of benzene rings is 2. The first kappa shape index (κ1) is 18.4. The summed E-state index contributed by atoms with van der Waals surface area (Å²) in [6.07, 6.45) is 3.37. The molecule has 5 nitrogen and oxygen atoms in total. The second-order valence-corrected chi connectivity index (χ2v) is 6.99. The van der Waals surface area contributed by atoms with Crippen molar-refractivity contribution in [2.75, 3.05) is 30.8 Å². The standard InChI is InChI=1S/C20H22ClN3O2/c1-24(13-20(26)23-18-8-3-2-7-17(18)21)12-19(25)22-16-10-9-14-5-4-6-15(14)11-16/h2-3,7-11H,4-6,12-13H2,1H3,(H,22,25)(H,23,26). The fourth-order valence-corrected chi connectivity index (χ4v) is 3.33. The lowest BCUT2D eigenvalue weighted by Gasteiger charge is -2.16. The van der Waals surface area contributed by atoms with E-state index in [1.807, 2.05) is 12.1 Å². The molecule has 0 saturated carbocycles. The molecule has 2 N–H and O–H groups in total. The van der Waals surface area contributed by atoms with Crippen LogP contribution in [0.25, 0.3) is 0 Å². The number of hydrogen-bond acceptors (Lipinski definition) is 3. The SMILES string of the molecule is CN(CC(=O)Nc1ccc2c(c1)CCC2)CC(=O)Nc1ccccc1Cl. The number of halogens is 1. The maximum absolute atomic E-state index is 12.2. The van der Waals surface area contributed by atoms with Crippen LogP contribution in [0, 0.1) is 0 Å². The number of aryl methyl sites for hydroxylation is 2. The lowest BCUT2D eigenvalue weighted by Crippen LogP contribution is -2.36. The first-order valence-electron chi connectivity index (χ1n) is 8.66. The van der Waals surface area contributed by atoms with Gasteiger partial charge in [0.25, 0.3) is 0 Å². The number of carbonyl (C=O) groups is 2. The van der Waals surface area contributed by atoms with Crippen molar-refractivity contribution in [1.29, 1.82) is 0 Å². The zero-order valence-corrected chi connectivity index (χ0v) is 15.5. The normalized spacial score (nSPS) is 12.7. The van der Waals surface area contributed by atoms with Crippen molar-refractivity contribution in [2.45, 2.75) is 19.3 Å². The molecule has 0 bridgehead atoms. The number of nitrogens with zero attached hydrogens (tertiary/aromatic N) is 1. The summed E-state index contributed by atoms with van der Waals surface area (Å²) in [6.45, 7) is 0.232. The van der Waals surface area contributed by atoms with Crippen LogP contribution in [-0.4, -0.2) is 36.9 Å². The van der Waals surface area contributed by atoms with Crippen molar-refractivity contribution >= 4 is 34.8 Å². The van der Waals surface area contributed by atoms with E-state index >= 15 is 0 Å². The number of carbonyl (C=O) groups excluding carboxylic acids is 2. The Morgan fingerprint density at radius 2 is 1.69 bits per heavy atom. The van der Waals surface area contributed by atoms with E-state index in [-0.39, 0.29) is 24.9 Å². The van der Waals surface area contributed by atoms with Crippen LogP contribution in [-0.2, 0) is 22.4 Å². The predicted octanol–water partition coefficient (Wildman–Crippen LogP) is 3.34. The highest BCUT2D eigenvalue weighted by atomic mass is 35.5. The van der Waals surface area contributed by atoms with Gasteiger partial charge in [-0.2, -0.15) is 0 Å². The number of nitrogens with one attached hydrogen (secondary N) is 2. The zero-order chi connectivity index (χ0) is 18.5. The number of anilines is 2. The van der Waals surface area contributed by atoms with E-state index in [1.54, 1.807) is 36.2 Å². The first-order chi connectivity index (χ1) is 12.5.